The van der Waals surface area contributed by atoms with Crippen molar-refractivity contribution >= 4 is 0 Å². The number of hydrogen-bond donors (Lipinski definition) is 1. The Morgan fingerprint density at radius 2 is 1.84 bits per heavy atom. The maximum atomic E-state index is 9.23. The van der Waals surface area contributed by atoms with Crippen LogP contribution in [0.2, 0.25) is 0 Å². The summed E-state index contributed by atoms with van der Waals surface area (Å²) < 4.78 is 21.6. The first-order valence-corrected chi connectivity index (χ1v) is 7.75. The van der Waals surface area contributed by atoms with Crippen LogP contribution in [0.4, 0.5) is 0 Å². The molecule has 1 unspecified atom stereocenters. The van der Waals surface area contributed by atoms with Crippen LogP contribution in [0.25, 0.3) is 11.3 Å². The molecule has 25 heavy (non-hydrogen) atoms. The first kappa shape index (κ1) is 16.9. The SMILES string of the molecule is COc1cccc(C(COc2ccc(-c3cc(O)no3)cc2)OC)c1. The van der Waals surface area contributed by atoms with Crippen molar-refractivity contribution in [3.63, 3.8) is 0 Å². The zero-order valence-electron chi connectivity index (χ0n) is 14.0. The van der Waals surface area contributed by atoms with E-state index in [0.29, 0.717) is 18.1 Å². The van der Waals surface area contributed by atoms with Gasteiger partial charge in [-0.05, 0) is 47.1 Å². The van der Waals surface area contributed by atoms with E-state index in [4.69, 9.17) is 18.7 Å². The lowest BCUT2D eigenvalue weighted by Crippen LogP contribution is -2.12. The van der Waals surface area contributed by atoms with Crippen molar-refractivity contribution in [3.8, 4) is 28.7 Å². The van der Waals surface area contributed by atoms with Crippen LogP contribution < -0.4 is 9.47 Å². The molecule has 3 rings (SSSR count). The predicted molar refractivity (Wildman–Crippen MR) is 91.8 cm³/mol. The molecule has 0 bridgehead atoms. The van der Waals surface area contributed by atoms with Gasteiger partial charge in [0.05, 0.1) is 7.11 Å². The lowest BCUT2D eigenvalue weighted by Gasteiger charge is -2.17. The number of aromatic nitrogens is 1. The van der Waals surface area contributed by atoms with E-state index in [2.05, 4.69) is 5.16 Å². The molecule has 6 nitrogen and oxygen atoms in total. The van der Waals surface area contributed by atoms with E-state index in [-0.39, 0.29) is 12.0 Å². The molecule has 6 heteroatoms. The van der Waals surface area contributed by atoms with Gasteiger partial charge in [0, 0.05) is 18.7 Å². The Morgan fingerprint density at radius 3 is 2.48 bits per heavy atom. The fraction of sp³-hybridized carbons (Fsp3) is 0.211. The molecule has 0 aliphatic heterocycles. The quantitative estimate of drug-likeness (QED) is 0.704. The Kier molecular flexibility index (Phi) is 5.20. The van der Waals surface area contributed by atoms with Crippen molar-refractivity contribution in [2.24, 2.45) is 0 Å². The van der Waals surface area contributed by atoms with Gasteiger partial charge < -0.3 is 23.8 Å². The van der Waals surface area contributed by atoms with Gasteiger partial charge in [0.1, 0.15) is 24.2 Å². The summed E-state index contributed by atoms with van der Waals surface area (Å²) in [5.74, 6) is 1.84. The van der Waals surface area contributed by atoms with Crippen molar-refractivity contribution in [3.05, 3.63) is 60.2 Å². The maximum Gasteiger partial charge on any atom is 0.252 e. The Balaban J connectivity index is 1.65. The molecule has 0 spiro atoms. The third-order valence-corrected chi connectivity index (χ3v) is 3.79. The van der Waals surface area contributed by atoms with E-state index in [1.54, 1.807) is 14.2 Å². The summed E-state index contributed by atoms with van der Waals surface area (Å²) in [6.07, 6.45) is -0.207. The minimum atomic E-state index is -0.207. The zero-order chi connectivity index (χ0) is 17.6. The minimum Gasteiger partial charge on any atom is -0.497 e. The van der Waals surface area contributed by atoms with Crippen LogP contribution >= 0.6 is 0 Å². The van der Waals surface area contributed by atoms with Gasteiger partial charge in [-0.1, -0.05) is 12.1 Å². The lowest BCUT2D eigenvalue weighted by molar-refractivity contribution is 0.0574. The molecule has 0 aliphatic carbocycles. The number of aromatic hydroxyl groups is 1. The number of nitrogens with zero attached hydrogens (tertiary/aromatic N) is 1. The maximum absolute atomic E-state index is 9.23. The topological polar surface area (TPSA) is 74.0 Å². The minimum absolute atomic E-state index is 0.142. The molecule has 130 valence electrons. The van der Waals surface area contributed by atoms with E-state index in [0.717, 1.165) is 16.9 Å². The van der Waals surface area contributed by atoms with Crippen molar-refractivity contribution < 1.29 is 23.8 Å². The van der Waals surface area contributed by atoms with Gasteiger partial charge in [-0.3, -0.25) is 0 Å². The molecule has 0 amide bonds. The molecule has 1 N–H and O–H groups in total. The van der Waals surface area contributed by atoms with E-state index in [9.17, 15) is 5.11 Å². The van der Waals surface area contributed by atoms with Crippen LogP contribution in [0.5, 0.6) is 17.4 Å². The Labute approximate surface area is 145 Å². The van der Waals surface area contributed by atoms with E-state index < -0.39 is 0 Å². The summed E-state index contributed by atoms with van der Waals surface area (Å²) in [5, 5.41) is 12.7. The molecule has 3 aromatic rings. The Bertz CT molecular complexity index is 813. The molecule has 0 fully saturated rings. The molecule has 1 atom stereocenters. The highest BCUT2D eigenvalue weighted by Gasteiger charge is 2.13. The summed E-state index contributed by atoms with van der Waals surface area (Å²) in [7, 11) is 3.28. The second-order valence-electron chi connectivity index (χ2n) is 5.39. The number of methoxy groups -OCH3 is 2. The molecular formula is C19H19NO5. The predicted octanol–water partition coefficient (Wildman–Crippen LogP) is 3.82. The molecular weight excluding hydrogens is 322 g/mol. The van der Waals surface area contributed by atoms with Crippen molar-refractivity contribution in [1.82, 2.24) is 5.16 Å². The van der Waals surface area contributed by atoms with Crippen LogP contribution in [-0.4, -0.2) is 31.1 Å². The largest absolute Gasteiger partial charge is 0.497 e. The van der Waals surface area contributed by atoms with Gasteiger partial charge in [-0.2, -0.15) is 0 Å². The summed E-state index contributed by atoms with van der Waals surface area (Å²) >= 11 is 0. The van der Waals surface area contributed by atoms with Gasteiger partial charge >= 0.3 is 0 Å². The Hall–Kier alpha value is -2.99. The van der Waals surface area contributed by atoms with Crippen LogP contribution in [0.15, 0.2) is 59.1 Å². The number of hydrogen-bond acceptors (Lipinski definition) is 6. The normalized spacial score (nSPS) is 11.9. The zero-order valence-corrected chi connectivity index (χ0v) is 14.0. The van der Waals surface area contributed by atoms with Gasteiger partial charge in [0.2, 0.25) is 0 Å². The highest BCUT2D eigenvalue weighted by Crippen LogP contribution is 2.26. The van der Waals surface area contributed by atoms with Crippen molar-refractivity contribution in [2.45, 2.75) is 6.10 Å². The standard InChI is InChI=1S/C19H19NO5/c1-22-16-5-3-4-14(10-16)18(23-2)12-24-15-8-6-13(7-9-15)17-11-19(21)20-25-17/h3-11,18H,12H2,1-2H3,(H,20,21). The molecule has 1 heterocycles. The van der Waals surface area contributed by atoms with Gasteiger partial charge in [0.25, 0.3) is 5.88 Å². The summed E-state index contributed by atoms with van der Waals surface area (Å²) in [5.41, 5.74) is 1.78. The fourth-order valence-electron chi connectivity index (χ4n) is 2.43. The number of rotatable bonds is 7. The highest BCUT2D eigenvalue weighted by molar-refractivity contribution is 5.58. The monoisotopic (exact) mass is 341 g/mol. The average Bonchev–Trinajstić information content (AvgIpc) is 3.09. The van der Waals surface area contributed by atoms with Crippen molar-refractivity contribution in [2.75, 3.05) is 20.8 Å². The molecule has 0 saturated heterocycles. The van der Waals surface area contributed by atoms with Crippen LogP contribution in [0.3, 0.4) is 0 Å². The summed E-state index contributed by atoms with van der Waals surface area (Å²) in [4.78, 5) is 0. The van der Waals surface area contributed by atoms with E-state index in [1.807, 2.05) is 48.5 Å². The molecule has 0 aliphatic rings. The van der Waals surface area contributed by atoms with Crippen LogP contribution in [-0.2, 0) is 4.74 Å². The van der Waals surface area contributed by atoms with Gasteiger partial charge in [-0.25, -0.2) is 0 Å². The lowest BCUT2D eigenvalue weighted by atomic mass is 10.1. The van der Waals surface area contributed by atoms with Crippen molar-refractivity contribution in [1.29, 1.82) is 0 Å². The second-order valence-corrected chi connectivity index (χ2v) is 5.39. The number of benzene rings is 2. The molecule has 1 aromatic heterocycles. The Morgan fingerprint density at radius 1 is 1.04 bits per heavy atom. The first-order chi connectivity index (χ1) is 12.2. The summed E-state index contributed by atoms with van der Waals surface area (Å²) in [6, 6.07) is 16.5. The number of ether oxygens (including phenoxy) is 3. The highest BCUT2D eigenvalue weighted by atomic mass is 16.5. The molecule has 0 radical (unpaired) electrons. The van der Waals surface area contributed by atoms with E-state index in [1.165, 1.54) is 6.07 Å². The third-order valence-electron chi connectivity index (χ3n) is 3.79. The molecule has 2 aromatic carbocycles. The van der Waals surface area contributed by atoms with Crippen LogP contribution in [0, 0.1) is 0 Å². The second kappa shape index (κ2) is 7.72. The average molecular weight is 341 g/mol. The van der Waals surface area contributed by atoms with Gasteiger partial charge in [0.15, 0.2) is 5.76 Å². The summed E-state index contributed by atoms with van der Waals surface area (Å²) in [6.45, 7) is 0.367. The first-order valence-electron chi connectivity index (χ1n) is 7.75. The fourth-order valence-corrected chi connectivity index (χ4v) is 2.43. The van der Waals surface area contributed by atoms with E-state index >= 15 is 0 Å². The van der Waals surface area contributed by atoms with Crippen LogP contribution in [0.1, 0.15) is 11.7 Å². The smallest absolute Gasteiger partial charge is 0.252 e. The van der Waals surface area contributed by atoms with Gasteiger partial charge in [-0.15, -0.1) is 0 Å². The third kappa shape index (κ3) is 4.10. The molecule has 0 saturated carbocycles.